The van der Waals surface area contributed by atoms with Crippen molar-refractivity contribution in [3.63, 3.8) is 0 Å². The molecule has 4 aliphatic heterocycles. The Balaban J connectivity index is 1.26. The summed E-state index contributed by atoms with van der Waals surface area (Å²) in [4.78, 5) is 60.2. The van der Waals surface area contributed by atoms with Gasteiger partial charge in [-0.05, 0) is 55.3 Å². The van der Waals surface area contributed by atoms with Gasteiger partial charge in [-0.3, -0.25) is 24.5 Å². The molecule has 2 saturated heterocycles. The minimum absolute atomic E-state index is 0.163. The van der Waals surface area contributed by atoms with Crippen LogP contribution < -0.4 is 24.8 Å². The van der Waals surface area contributed by atoms with Crippen molar-refractivity contribution in [3.8, 4) is 5.75 Å². The molecule has 3 aromatic carbocycles. The van der Waals surface area contributed by atoms with E-state index >= 15 is 0 Å². The Hall–Kier alpha value is -4.50. The molecular formula is C31H28N4O5. The van der Waals surface area contributed by atoms with Gasteiger partial charge in [0, 0.05) is 29.5 Å². The van der Waals surface area contributed by atoms with Crippen molar-refractivity contribution in [3.05, 3.63) is 83.9 Å². The molecule has 9 heteroatoms. The Morgan fingerprint density at radius 2 is 1.65 bits per heavy atom. The van der Waals surface area contributed by atoms with Crippen LogP contribution in [0, 0.1) is 11.8 Å². The predicted molar refractivity (Wildman–Crippen MR) is 148 cm³/mol. The number of hydrogen-bond acceptors (Lipinski definition) is 6. The van der Waals surface area contributed by atoms with Gasteiger partial charge in [0.15, 0.2) is 0 Å². The number of benzene rings is 3. The molecule has 0 unspecified atom stereocenters. The van der Waals surface area contributed by atoms with Crippen molar-refractivity contribution in [2.45, 2.75) is 24.9 Å². The number of nitrogens with one attached hydrogen (secondary N) is 1. The highest BCUT2D eigenvalue weighted by molar-refractivity contribution is 6.26. The molecule has 4 aliphatic rings. The lowest BCUT2D eigenvalue weighted by Crippen LogP contribution is -2.56. The number of hydrogen-bond donors (Lipinski definition) is 1. The summed E-state index contributed by atoms with van der Waals surface area (Å²) >= 11 is 0. The van der Waals surface area contributed by atoms with Crippen molar-refractivity contribution >= 4 is 40.7 Å². The van der Waals surface area contributed by atoms with Crippen molar-refractivity contribution in [1.29, 1.82) is 0 Å². The molecule has 0 aliphatic carbocycles. The molecule has 1 N–H and O–H groups in total. The number of amides is 4. The molecule has 4 atom stereocenters. The Labute approximate surface area is 231 Å². The van der Waals surface area contributed by atoms with Gasteiger partial charge >= 0.3 is 0 Å². The molecule has 3 aromatic rings. The van der Waals surface area contributed by atoms with Crippen LogP contribution in [0.5, 0.6) is 5.75 Å². The first-order chi connectivity index (χ1) is 19.4. The lowest BCUT2D eigenvalue weighted by molar-refractivity contribution is -0.132. The van der Waals surface area contributed by atoms with E-state index in [-0.39, 0.29) is 24.3 Å². The number of methoxy groups -OCH3 is 1. The summed E-state index contributed by atoms with van der Waals surface area (Å²) < 4.78 is 5.23. The fourth-order valence-electron chi connectivity index (χ4n) is 7.07. The summed E-state index contributed by atoms with van der Waals surface area (Å²) in [6.07, 6.45) is 0.761. The molecule has 9 nitrogen and oxygen atoms in total. The van der Waals surface area contributed by atoms with Crippen LogP contribution in [0.25, 0.3) is 0 Å². The molecule has 40 heavy (non-hydrogen) atoms. The van der Waals surface area contributed by atoms with Crippen LogP contribution in [0.1, 0.15) is 18.1 Å². The number of carbonyl (C=O) groups is 4. The van der Waals surface area contributed by atoms with Gasteiger partial charge in [-0.2, -0.15) is 0 Å². The highest BCUT2D eigenvalue weighted by Crippen LogP contribution is 2.55. The first-order valence-corrected chi connectivity index (χ1v) is 13.5. The lowest BCUT2D eigenvalue weighted by Gasteiger charge is -2.30. The van der Waals surface area contributed by atoms with Crippen LogP contribution in [-0.2, 0) is 31.1 Å². The van der Waals surface area contributed by atoms with E-state index < -0.39 is 29.3 Å². The highest BCUT2D eigenvalue weighted by atomic mass is 16.5. The third-order valence-corrected chi connectivity index (χ3v) is 8.83. The molecule has 2 fully saturated rings. The molecule has 0 aromatic heterocycles. The van der Waals surface area contributed by atoms with Crippen LogP contribution in [0.2, 0.25) is 0 Å². The number of anilines is 3. The quantitative estimate of drug-likeness (QED) is 0.515. The molecule has 4 amide bonds. The number of fused-ring (bicyclic) bond motifs is 5. The zero-order valence-corrected chi connectivity index (χ0v) is 22.2. The van der Waals surface area contributed by atoms with E-state index in [0.29, 0.717) is 29.2 Å². The maximum absolute atomic E-state index is 14.4. The fourth-order valence-corrected chi connectivity index (χ4v) is 7.07. The minimum atomic E-state index is -1.45. The summed E-state index contributed by atoms with van der Waals surface area (Å²) in [6, 6.07) is 21.3. The monoisotopic (exact) mass is 536 g/mol. The molecule has 0 radical (unpaired) electrons. The maximum Gasteiger partial charge on any atom is 0.253 e. The van der Waals surface area contributed by atoms with Crippen LogP contribution >= 0.6 is 0 Å². The van der Waals surface area contributed by atoms with Gasteiger partial charge < -0.3 is 14.5 Å². The fraction of sp³-hybridized carbons (Fsp3) is 0.290. The third kappa shape index (κ3) is 3.18. The lowest BCUT2D eigenvalue weighted by atomic mass is 9.76. The normalized spacial score (nSPS) is 26.5. The topological polar surface area (TPSA) is 99.3 Å². The van der Waals surface area contributed by atoms with Gasteiger partial charge in [0.25, 0.3) is 5.91 Å². The first kappa shape index (κ1) is 24.5. The van der Waals surface area contributed by atoms with Crippen molar-refractivity contribution in [2.24, 2.45) is 11.8 Å². The van der Waals surface area contributed by atoms with E-state index in [4.69, 9.17) is 4.74 Å². The van der Waals surface area contributed by atoms with Gasteiger partial charge in [-0.25, -0.2) is 4.90 Å². The van der Waals surface area contributed by atoms with Gasteiger partial charge in [0.1, 0.15) is 17.8 Å². The molecule has 0 bridgehead atoms. The Kier molecular flexibility index (Phi) is 5.37. The average Bonchev–Trinajstić information content (AvgIpc) is 3.67. The van der Waals surface area contributed by atoms with Crippen LogP contribution in [0.4, 0.5) is 17.1 Å². The van der Waals surface area contributed by atoms with Crippen LogP contribution in [-0.4, -0.2) is 49.9 Å². The molecular weight excluding hydrogens is 508 g/mol. The highest BCUT2D eigenvalue weighted by Gasteiger charge is 2.71. The average molecular weight is 537 g/mol. The molecule has 4 heterocycles. The molecule has 202 valence electrons. The number of rotatable bonds is 4. The van der Waals surface area contributed by atoms with Crippen LogP contribution in [0.3, 0.4) is 0 Å². The second kappa shape index (κ2) is 8.76. The van der Waals surface area contributed by atoms with E-state index in [0.717, 1.165) is 17.7 Å². The molecule has 7 rings (SSSR count). The smallest absolute Gasteiger partial charge is 0.253 e. The minimum Gasteiger partial charge on any atom is -0.497 e. The number of nitrogens with zero attached hydrogens (tertiary/aromatic N) is 3. The van der Waals surface area contributed by atoms with Gasteiger partial charge in [0.2, 0.25) is 17.7 Å². The summed E-state index contributed by atoms with van der Waals surface area (Å²) in [5.74, 6) is -2.41. The number of imide groups is 1. The first-order valence-electron chi connectivity index (χ1n) is 13.5. The van der Waals surface area contributed by atoms with Crippen molar-refractivity contribution < 1.29 is 23.9 Å². The van der Waals surface area contributed by atoms with Gasteiger partial charge in [0.05, 0.1) is 24.6 Å². The predicted octanol–water partition coefficient (Wildman–Crippen LogP) is 2.62. The zero-order valence-electron chi connectivity index (χ0n) is 22.2. The van der Waals surface area contributed by atoms with E-state index in [1.807, 2.05) is 49.4 Å². The summed E-state index contributed by atoms with van der Waals surface area (Å²) in [7, 11) is 1.55. The van der Waals surface area contributed by atoms with E-state index in [1.54, 1.807) is 42.3 Å². The van der Waals surface area contributed by atoms with E-state index in [2.05, 4.69) is 5.32 Å². The van der Waals surface area contributed by atoms with E-state index in [1.165, 1.54) is 9.80 Å². The van der Waals surface area contributed by atoms with E-state index in [9.17, 15) is 19.2 Å². The summed E-state index contributed by atoms with van der Waals surface area (Å²) in [5.41, 5.74) is 2.15. The van der Waals surface area contributed by atoms with Gasteiger partial charge in [-0.1, -0.05) is 36.4 Å². The summed E-state index contributed by atoms with van der Waals surface area (Å²) in [5, 5.41) is 3.37. The molecule has 1 spiro atoms. The second-order valence-electron chi connectivity index (χ2n) is 10.8. The largest absolute Gasteiger partial charge is 0.497 e. The number of ether oxygens (including phenoxy) is 1. The Bertz CT molecular complexity index is 1590. The van der Waals surface area contributed by atoms with Crippen LogP contribution in [0.15, 0.2) is 72.8 Å². The van der Waals surface area contributed by atoms with Crippen molar-refractivity contribution in [2.75, 3.05) is 34.9 Å². The SMILES string of the molecule is COc1ccc(N2C(=O)[C@@H]3[C@H](C)N[C@]4(C(=O)N(CC(=O)N5CCc6ccccc65)c5ccccc54)[C@@H]3C2=O)cc1. The number of carbonyl (C=O) groups excluding carboxylic acids is 4. The second-order valence-corrected chi connectivity index (χ2v) is 10.8. The van der Waals surface area contributed by atoms with Crippen molar-refractivity contribution in [1.82, 2.24) is 5.32 Å². The zero-order chi connectivity index (χ0) is 27.8. The Morgan fingerprint density at radius 1 is 0.950 bits per heavy atom. The van der Waals surface area contributed by atoms with Gasteiger partial charge in [-0.15, -0.1) is 0 Å². The number of para-hydroxylation sites is 2. The maximum atomic E-state index is 14.4. The Morgan fingerprint density at radius 3 is 2.40 bits per heavy atom. The molecule has 0 saturated carbocycles. The summed E-state index contributed by atoms with van der Waals surface area (Å²) in [6.45, 7) is 2.22. The third-order valence-electron chi connectivity index (χ3n) is 8.83. The standard InChI is InChI=1S/C31H28N4O5/c1-18-26-27(29(38)35(28(26)37)20-11-13-21(40-2)14-12-20)31(32-18)22-8-4-6-10-24(22)34(30(31)39)17-25(36)33-16-15-19-7-3-5-9-23(19)33/h3-14,18,26-27,32H,15-17H2,1-2H3/t18-,26+,27-,31-/m0/s1.